The standard InChI is InChI=1S/C23H25NO3/c1-14-6-19(18-4-2-3-5-20(18)24-14)22(26)27-13-21(25)23-10-15-7-16(11-23)9-17(8-15)12-23/h2-6,15-17H,7-13H2,1H3. The highest BCUT2D eigenvalue weighted by Gasteiger charge is 2.54. The molecule has 0 aliphatic heterocycles. The van der Waals surface area contributed by atoms with E-state index in [4.69, 9.17) is 4.74 Å². The number of hydrogen-bond donors (Lipinski definition) is 0. The first-order chi connectivity index (χ1) is 13.0. The van der Waals surface area contributed by atoms with Crippen LogP contribution in [-0.4, -0.2) is 23.3 Å². The Labute approximate surface area is 159 Å². The number of carbonyl (C=O) groups is 2. The molecule has 4 aliphatic rings. The Morgan fingerprint density at radius 2 is 1.70 bits per heavy atom. The van der Waals surface area contributed by atoms with Gasteiger partial charge in [-0.1, -0.05) is 18.2 Å². The van der Waals surface area contributed by atoms with E-state index in [1.54, 1.807) is 6.07 Å². The molecule has 4 aliphatic carbocycles. The quantitative estimate of drug-likeness (QED) is 0.751. The van der Waals surface area contributed by atoms with Crippen molar-refractivity contribution in [1.29, 1.82) is 0 Å². The van der Waals surface area contributed by atoms with E-state index in [2.05, 4.69) is 4.98 Å². The number of ether oxygens (including phenoxy) is 1. The number of Topliss-reactive ketones (excluding diaryl/α,β-unsaturated/α-hetero) is 1. The van der Waals surface area contributed by atoms with Gasteiger partial charge in [-0.25, -0.2) is 4.79 Å². The van der Waals surface area contributed by atoms with E-state index >= 15 is 0 Å². The second-order valence-electron chi connectivity index (χ2n) is 9.03. The molecule has 0 saturated heterocycles. The van der Waals surface area contributed by atoms with Crippen molar-refractivity contribution in [3.05, 3.63) is 41.6 Å². The van der Waals surface area contributed by atoms with Gasteiger partial charge in [-0.05, 0) is 75.3 Å². The predicted molar refractivity (Wildman–Crippen MR) is 102 cm³/mol. The number of benzene rings is 1. The minimum absolute atomic E-state index is 0.0965. The van der Waals surface area contributed by atoms with Crippen molar-refractivity contribution in [2.75, 3.05) is 6.61 Å². The van der Waals surface area contributed by atoms with Gasteiger partial charge in [0, 0.05) is 16.5 Å². The highest BCUT2D eigenvalue weighted by atomic mass is 16.5. The maximum atomic E-state index is 13.1. The summed E-state index contributed by atoms with van der Waals surface area (Å²) >= 11 is 0. The number of pyridine rings is 1. The van der Waals surface area contributed by atoms with Crippen LogP contribution in [0.4, 0.5) is 0 Å². The van der Waals surface area contributed by atoms with Crippen LogP contribution in [0.15, 0.2) is 30.3 Å². The van der Waals surface area contributed by atoms with Crippen molar-refractivity contribution in [1.82, 2.24) is 4.98 Å². The SMILES string of the molecule is Cc1cc(C(=O)OCC(=O)C23CC4CC(CC(C4)C2)C3)c2ccccc2n1. The van der Waals surface area contributed by atoms with Gasteiger partial charge in [-0.2, -0.15) is 0 Å². The van der Waals surface area contributed by atoms with Gasteiger partial charge in [-0.3, -0.25) is 9.78 Å². The lowest BCUT2D eigenvalue weighted by Gasteiger charge is -2.55. The number of esters is 1. The van der Waals surface area contributed by atoms with E-state index in [9.17, 15) is 9.59 Å². The number of para-hydroxylation sites is 1. The zero-order valence-electron chi connectivity index (χ0n) is 15.7. The van der Waals surface area contributed by atoms with E-state index in [0.29, 0.717) is 23.3 Å². The molecule has 4 heteroatoms. The molecule has 0 spiro atoms. The number of ketones is 1. The minimum atomic E-state index is -0.422. The van der Waals surface area contributed by atoms with Crippen molar-refractivity contribution in [3.8, 4) is 0 Å². The molecule has 4 bridgehead atoms. The lowest BCUT2D eigenvalue weighted by molar-refractivity contribution is -0.147. The lowest BCUT2D eigenvalue weighted by atomic mass is 9.48. The molecule has 4 saturated carbocycles. The van der Waals surface area contributed by atoms with Crippen LogP contribution in [0.5, 0.6) is 0 Å². The van der Waals surface area contributed by atoms with Gasteiger partial charge in [0.05, 0.1) is 11.1 Å². The summed E-state index contributed by atoms with van der Waals surface area (Å²) in [6.07, 6.45) is 6.92. The van der Waals surface area contributed by atoms with Gasteiger partial charge in [0.25, 0.3) is 0 Å². The molecular weight excluding hydrogens is 338 g/mol. The monoisotopic (exact) mass is 363 g/mol. The summed E-state index contributed by atoms with van der Waals surface area (Å²) in [5.74, 6) is 1.85. The average molecular weight is 363 g/mol. The molecule has 0 amide bonds. The second kappa shape index (κ2) is 6.15. The van der Waals surface area contributed by atoms with Crippen molar-refractivity contribution < 1.29 is 14.3 Å². The Bertz CT molecular complexity index is 897. The van der Waals surface area contributed by atoms with E-state index in [1.165, 1.54) is 19.3 Å². The highest BCUT2D eigenvalue weighted by Crippen LogP contribution is 2.60. The molecule has 27 heavy (non-hydrogen) atoms. The van der Waals surface area contributed by atoms with Crippen molar-refractivity contribution >= 4 is 22.7 Å². The van der Waals surface area contributed by atoms with Crippen LogP contribution in [0.3, 0.4) is 0 Å². The summed E-state index contributed by atoms with van der Waals surface area (Å²) in [6, 6.07) is 9.30. The third kappa shape index (κ3) is 2.86. The van der Waals surface area contributed by atoms with Gasteiger partial charge in [0.2, 0.25) is 0 Å². The Morgan fingerprint density at radius 3 is 2.37 bits per heavy atom. The molecular formula is C23H25NO3. The number of hydrogen-bond acceptors (Lipinski definition) is 4. The molecule has 140 valence electrons. The summed E-state index contributed by atoms with van der Waals surface area (Å²) in [5, 5.41) is 0.773. The molecule has 4 fully saturated rings. The van der Waals surface area contributed by atoms with Gasteiger partial charge in [-0.15, -0.1) is 0 Å². The van der Waals surface area contributed by atoms with Crippen LogP contribution in [0.25, 0.3) is 10.9 Å². The summed E-state index contributed by atoms with van der Waals surface area (Å²) < 4.78 is 5.53. The first-order valence-corrected chi connectivity index (χ1v) is 10.1. The molecule has 2 aromatic rings. The third-order valence-corrected chi connectivity index (χ3v) is 7.03. The normalized spacial score (nSPS) is 31.2. The molecule has 0 atom stereocenters. The predicted octanol–water partition coefficient (Wildman–Crippen LogP) is 4.49. The number of rotatable bonds is 4. The van der Waals surface area contributed by atoms with Crippen molar-refractivity contribution in [2.45, 2.75) is 45.4 Å². The first-order valence-electron chi connectivity index (χ1n) is 10.1. The second-order valence-corrected chi connectivity index (χ2v) is 9.03. The highest BCUT2D eigenvalue weighted by molar-refractivity contribution is 6.04. The van der Waals surface area contributed by atoms with Gasteiger partial charge in [0.15, 0.2) is 12.4 Å². The summed E-state index contributed by atoms with van der Waals surface area (Å²) in [5.41, 5.74) is 1.83. The Balaban J connectivity index is 1.33. The maximum Gasteiger partial charge on any atom is 0.339 e. The number of nitrogens with zero attached hydrogens (tertiary/aromatic N) is 1. The number of aromatic nitrogens is 1. The fourth-order valence-electron chi connectivity index (χ4n) is 6.29. The van der Waals surface area contributed by atoms with E-state index in [1.807, 2.05) is 31.2 Å². The molecule has 4 nitrogen and oxygen atoms in total. The van der Waals surface area contributed by atoms with E-state index < -0.39 is 5.97 Å². The summed E-state index contributed by atoms with van der Waals surface area (Å²) in [6.45, 7) is 1.77. The Hall–Kier alpha value is -2.23. The Kier molecular flexibility index (Phi) is 3.85. The van der Waals surface area contributed by atoms with Gasteiger partial charge in [0.1, 0.15) is 0 Å². The fraction of sp³-hybridized carbons (Fsp3) is 0.522. The van der Waals surface area contributed by atoms with Crippen LogP contribution in [0.1, 0.15) is 54.6 Å². The molecule has 1 heterocycles. The van der Waals surface area contributed by atoms with Gasteiger partial charge < -0.3 is 4.74 Å². The van der Waals surface area contributed by atoms with Crippen molar-refractivity contribution in [2.24, 2.45) is 23.2 Å². The number of carbonyl (C=O) groups excluding carboxylic acids is 2. The molecule has 1 aromatic heterocycles. The van der Waals surface area contributed by atoms with Crippen LogP contribution in [-0.2, 0) is 9.53 Å². The Morgan fingerprint density at radius 1 is 1.07 bits per heavy atom. The van der Waals surface area contributed by atoms with Gasteiger partial charge >= 0.3 is 5.97 Å². The topological polar surface area (TPSA) is 56.3 Å². The van der Waals surface area contributed by atoms with Crippen LogP contribution < -0.4 is 0 Å². The molecule has 0 radical (unpaired) electrons. The average Bonchev–Trinajstić information content (AvgIpc) is 2.64. The fourth-order valence-corrected chi connectivity index (χ4v) is 6.29. The zero-order chi connectivity index (χ0) is 18.6. The third-order valence-electron chi connectivity index (χ3n) is 7.03. The zero-order valence-corrected chi connectivity index (χ0v) is 15.7. The summed E-state index contributed by atoms with van der Waals surface area (Å²) in [4.78, 5) is 30.3. The van der Waals surface area contributed by atoms with Crippen LogP contribution in [0, 0.1) is 30.1 Å². The number of fused-ring (bicyclic) bond motifs is 1. The smallest absolute Gasteiger partial charge is 0.339 e. The minimum Gasteiger partial charge on any atom is -0.454 e. The summed E-state index contributed by atoms with van der Waals surface area (Å²) in [7, 11) is 0. The maximum absolute atomic E-state index is 13.1. The van der Waals surface area contributed by atoms with E-state index in [-0.39, 0.29) is 17.8 Å². The largest absolute Gasteiger partial charge is 0.454 e. The first kappa shape index (κ1) is 16.9. The van der Waals surface area contributed by atoms with Crippen LogP contribution in [0.2, 0.25) is 0 Å². The molecule has 0 unspecified atom stereocenters. The molecule has 6 rings (SSSR count). The number of aryl methyl sites for hydroxylation is 1. The van der Waals surface area contributed by atoms with E-state index in [0.717, 1.165) is 35.9 Å². The molecule has 1 aromatic carbocycles. The lowest BCUT2D eigenvalue weighted by Crippen LogP contribution is -2.51. The molecule has 0 N–H and O–H groups in total. The van der Waals surface area contributed by atoms with Crippen LogP contribution >= 0.6 is 0 Å². The van der Waals surface area contributed by atoms with Crippen molar-refractivity contribution in [3.63, 3.8) is 0 Å².